The van der Waals surface area contributed by atoms with Crippen LogP contribution in [0.2, 0.25) is 0 Å². The molecule has 2 heterocycles. The van der Waals surface area contributed by atoms with Gasteiger partial charge in [-0.05, 0) is 55.3 Å². The minimum absolute atomic E-state index is 0.0615. The average molecular weight is 564 g/mol. The number of alkyl halides is 5. The number of aryl methyl sites for hydroxylation is 2. The molecule has 1 aromatic heterocycles. The Kier molecular flexibility index (Phi) is 7.90. The third-order valence-corrected chi connectivity index (χ3v) is 6.81. The maximum atomic E-state index is 13.6. The van der Waals surface area contributed by atoms with Gasteiger partial charge in [-0.25, -0.2) is 14.6 Å². The minimum atomic E-state index is -4.69. The molecule has 0 atom stereocenters. The lowest BCUT2D eigenvalue weighted by Gasteiger charge is -2.19. The zero-order chi connectivity index (χ0) is 29.4. The molecule has 8 nitrogen and oxygen atoms in total. The molecule has 13 heteroatoms. The summed E-state index contributed by atoms with van der Waals surface area (Å²) in [6, 6.07) is 7.72. The average Bonchev–Trinajstić information content (AvgIpc) is 3.38. The number of rotatable bonds is 7. The van der Waals surface area contributed by atoms with Crippen molar-refractivity contribution in [3.8, 4) is 0 Å². The van der Waals surface area contributed by atoms with Crippen molar-refractivity contribution in [3.63, 3.8) is 0 Å². The summed E-state index contributed by atoms with van der Waals surface area (Å²) in [6.45, 7) is 3.04. The molecule has 40 heavy (non-hydrogen) atoms. The summed E-state index contributed by atoms with van der Waals surface area (Å²) in [7, 11) is 1.77. The van der Waals surface area contributed by atoms with Gasteiger partial charge in [0.05, 0.1) is 29.7 Å². The number of benzene rings is 2. The highest BCUT2D eigenvalue weighted by molar-refractivity contribution is 6.05. The van der Waals surface area contributed by atoms with Crippen molar-refractivity contribution in [3.05, 3.63) is 82.3 Å². The van der Waals surface area contributed by atoms with E-state index in [4.69, 9.17) is 11.6 Å². The molecule has 0 unspecified atom stereocenters. The number of anilines is 2. The SMILES string of the molecule is Cc1ccc(C(=O)Nc2cc(CN3CCC(F)(F)C3)cc(C(F)(F)F)c2)cc1N(N)/C=C(\N)c1cnn(C)c1C. The highest BCUT2D eigenvalue weighted by Crippen LogP contribution is 2.34. The van der Waals surface area contributed by atoms with Crippen LogP contribution in [0.5, 0.6) is 0 Å². The van der Waals surface area contributed by atoms with Gasteiger partial charge in [0.25, 0.3) is 11.8 Å². The van der Waals surface area contributed by atoms with Gasteiger partial charge in [0, 0.05) is 55.3 Å². The summed E-state index contributed by atoms with van der Waals surface area (Å²) < 4.78 is 69.6. The van der Waals surface area contributed by atoms with Gasteiger partial charge in [0.1, 0.15) is 0 Å². The van der Waals surface area contributed by atoms with Crippen LogP contribution in [0.1, 0.15) is 44.7 Å². The summed E-state index contributed by atoms with van der Waals surface area (Å²) in [5.41, 5.74) is 8.41. The van der Waals surface area contributed by atoms with Gasteiger partial charge in [-0.1, -0.05) is 6.07 Å². The molecule has 1 amide bonds. The lowest BCUT2D eigenvalue weighted by molar-refractivity contribution is -0.137. The van der Waals surface area contributed by atoms with Crippen LogP contribution >= 0.6 is 0 Å². The minimum Gasteiger partial charge on any atom is -0.397 e. The number of likely N-dealkylation sites (tertiary alicyclic amines) is 1. The molecule has 1 aliphatic heterocycles. The van der Waals surface area contributed by atoms with E-state index in [-0.39, 0.29) is 36.3 Å². The number of hydrogen-bond donors (Lipinski definition) is 3. The Morgan fingerprint density at radius 2 is 1.93 bits per heavy atom. The smallest absolute Gasteiger partial charge is 0.397 e. The maximum Gasteiger partial charge on any atom is 0.416 e. The van der Waals surface area contributed by atoms with E-state index in [0.717, 1.165) is 23.4 Å². The van der Waals surface area contributed by atoms with E-state index >= 15 is 0 Å². The molecule has 4 rings (SSSR count). The normalized spacial score (nSPS) is 15.9. The topological polar surface area (TPSA) is 105 Å². The van der Waals surface area contributed by atoms with Crippen LogP contribution in [-0.4, -0.2) is 39.6 Å². The Hall–Kier alpha value is -3.97. The van der Waals surface area contributed by atoms with E-state index in [2.05, 4.69) is 10.4 Å². The van der Waals surface area contributed by atoms with E-state index in [9.17, 15) is 26.7 Å². The second-order valence-electron chi connectivity index (χ2n) is 9.95. The van der Waals surface area contributed by atoms with Crippen molar-refractivity contribution >= 4 is 23.0 Å². The first kappa shape index (κ1) is 29.0. The second-order valence-corrected chi connectivity index (χ2v) is 9.95. The fourth-order valence-electron chi connectivity index (χ4n) is 4.52. The predicted molar refractivity (Wildman–Crippen MR) is 142 cm³/mol. The van der Waals surface area contributed by atoms with Crippen LogP contribution in [-0.2, 0) is 19.8 Å². The van der Waals surface area contributed by atoms with Crippen molar-refractivity contribution in [1.82, 2.24) is 14.7 Å². The molecular formula is C27H30F5N7O. The third-order valence-electron chi connectivity index (χ3n) is 6.81. The number of halogens is 5. The molecule has 214 valence electrons. The molecule has 0 saturated carbocycles. The van der Waals surface area contributed by atoms with Crippen molar-refractivity contribution in [2.75, 3.05) is 23.4 Å². The zero-order valence-corrected chi connectivity index (χ0v) is 22.2. The van der Waals surface area contributed by atoms with Crippen LogP contribution in [0.15, 0.2) is 48.8 Å². The Morgan fingerprint density at radius 1 is 1.20 bits per heavy atom. The van der Waals surface area contributed by atoms with E-state index in [1.165, 1.54) is 34.3 Å². The van der Waals surface area contributed by atoms with Crippen LogP contribution in [0.25, 0.3) is 5.70 Å². The van der Waals surface area contributed by atoms with E-state index in [0.29, 0.717) is 16.9 Å². The number of nitrogens with two attached hydrogens (primary N) is 2. The molecule has 0 aliphatic carbocycles. The number of carbonyl (C=O) groups is 1. The number of nitrogens with one attached hydrogen (secondary N) is 1. The highest BCUT2D eigenvalue weighted by Gasteiger charge is 2.38. The van der Waals surface area contributed by atoms with Crippen molar-refractivity contribution < 1.29 is 26.7 Å². The van der Waals surface area contributed by atoms with Gasteiger partial charge in [0.2, 0.25) is 0 Å². The lowest BCUT2D eigenvalue weighted by atomic mass is 10.1. The van der Waals surface area contributed by atoms with Gasteiger partial charge in [-0.3, -0.25) is 19.4 Å². The Bertz CT molecular complexity index is 1450. The monoisotopic (exact) mass is 563 g/mol. The van der Waals surface area contributed by atoms with Crippen LogP contribution in [0, 0.1) is 13.8 Å². The number of nitrogens with zero attached hydrogens (tertiary/aromatic N) is 4. The highest BCUT2D eigenvalue weighted by atomic mass is 19.4. The fraction of sp³-hybridized carbons (Fsp3) is 0.333. The first-order chi connectivity index (χ1) is 18.6. The Balaban J connectivity index is 1.57. The van der Waals surface area contributed by atoms with Crippen molar-refractivity contribution in [2.24, 2.45) is 18.6 Å². The molecule has 0 radical (unpaired) electrons. The number of hydrazine groups is 1. The Morgan fingerprint density at radius 3 is 2.52 bits per heavy atom. The van der Waals surface area contributed by atoms with Gasteiger partial charge >= 0.3 is 6.18 Å². The molecule has 2 aromatic carbocycles. The molecule has 1 fully saturated rings. The summed E-state index contributed by atoms with van der Waals surface area (Å²) in [5.74, 6) is 2.68. The van der Waals surface area contributed by atoms with Gasteiger partial charge in [0.15, 0.2) is 0 Å². The first-order valence-corrected chi connectivity index (χ1v) is 12.4. The molecule has 1 aliphatic rings. The Labute approximate surface area is 228 Å². The molecule has 0 spiro atoms. The maximum absolute atomic E-state index is 13.6. The summed E-state index contributed by atoms with van der Waals surface area (Å²) in [5, 5.41) is 7.90. The molecule has 3 aromatic rings. The predicted octanol–water partition coefficient (Wildman–Crippen LogP) is 4.79. The quantitative estimate of drug-likeness (QED) is 0.217. The van der Waals surface area contributed by atoms with Crippen LogP contribution in [0.4, 0.5) is 33.3 Å². The summed E-state index contributed by atoms with van der Waals surface area (Å²) in [4.78, 5) is 14.5. The van der Waals surface area contributed by atoms with Crippen molar-refractivity contribution in [1.29, 1.82) is 0 Å². The first-order valence-electron chi connectivity index (χ1n) is 12.4. The largest absolute Gasteiger partial charge is 0.416 e. The second kappa shape index (κ2) is 10.9. The molecule has 5 N–H and O–H groups in total. The molecule has 1 saturated heterocycles. The van der Waals surface area contributed by atoms with Gasteiger partial charge in [-0.2, -0.15) is 18.3 Å². The molecule has 0 bridgehead atoms. The van der Waals surface area contributed by atoms with Crippen molar-refractivity contribution in [2.45, 2.75) is 38.9 Å². The number of amides is 1. The van der Waals surface area contributed by atoms with Gasteiger partial charge in [-0.15, -0.1) is 0 Å². The van der Waals surface area contributed by atoms with E-state index < -0.39 is 30.1 Å². The zero-order valence-electron chi connectivity index (χ0n) is 22.2. The summed E-state index contributed by atoms with van der Waals surface area (Å²) >= 11 is 0. The number of aromatic nitrogens is 2. The number of carbonyl (C=O) groups excluding carboxylic acids is 1. The van der Waals surface area contributed by atoms with Crippen LogP contribution < -0.4 is 21.9 Å². The van der Waals surface area contributed by atoms with Crippen LogP contribution in [0.3, 0.4) is 0 Å². The molecular weight excluding hydrogens is 533 g/mol. The van der Waals surface area contributed by atoms with Gasteiger partial charge < -0.3 is 11.1 Å². The standard InChI is InChI=1S/C27H30F5N7O/c1-16-4-5-19(10-24(16)39(34)14-23(33)22-12-35-37(3)17(22)2)25(40)36-21-9-18(8-20(11-21)27(30,31)32)13-38-7-6-26(28,29)15-38/h4-5,8-12,14H,6-7,13,15,33-34H2,1-3H3,(H,36,40)/b23-14-. The van der Waals surface area contributed by atoms with E-state index in [1.54, 1.807) is 30.9 Å². The fourth-order valence-corrected chi connectivity index (χ4v) is 4.52. The lowest BCUT2D eigenvalue weighted by Crippen LogP contribution is -2.27. The summed E-state index contributed by atoms with van der Waals surface area (Å²) in [6.07, 6.45) is -1.97. The third kappa shape index (κ3) is 6.59. The van der Waals surface area contributed by atoms with E-state index in [1.807, 2.05) is 6.92 Å². The number of hydrogen-bond acceptors (Lipinski definition) is 6.